The third-order valence-electron chi connectivity index (χ3n) is 5.53. The summed E-state index contributed by atoms with van der Waals surface area (Å²) in [7, 11) is 0. The molecule has 1 amide bonds. The number of rotatable bonds is 6. The Morgan fingerprint density at radius 1 is 1.17 bits per heavy atom. The summed E-state index contributed by atoms with van der Waals surface area (Å²) in [5.41, 5.74) is 2.70. The summed E-state index contributed by atoms with van der Waals surface area (Å²) < 4.78 is 10.6. The molecule has 0 aliphatic heterocycles. The topological polar surface area (TPSA) is 80.4 Å². The SMILES string of the molecule is CCOC(=O)[C@H](Cc1c(C2CCCCC2)[nH]c2ccccc12)NC(=O)OC(C)(C)C. The van der Waals surface area contributed by atoms with E-state index in [1.165, 1.54) is 25.0 Å². The van der Waals surface area contributed by atoms with Gasteiger partial charge in [0.05, 0.1) is 6.61 Å². The zero-order valence-corrected chi connectivity index (χ0v) is 18.5. The van der Waals surface area contributed by atoms with Gasteiger partial charge in [-0.25, -0.2) is 9.59 Å². The maximum atomic E-state index is 12.7. The van der Waals surface area contributed by atoms with Crippen molar-refractivity contribution < 1.29 is 19.1 Å². The van der Waals surface area contributed by atoms with Crippen LogP contribution in [0, 0.1) is 0 Å². The standard InChI is InChI=1S/C24H34N2O4/c1-5-29-22(27)20(26-23(28)30-24(2,3)4)15-18-17-13-9-10-14-19(17)25-21(18)16-11-7-6-8-12-16/h9-10,13-14,16,20,25H,5-8,11-12,15H2,1-4H3,(H,26,28)/t20-/m0/s1. The van der Waals surface area contributed by atoms with Crippen molar-refractivity contribution in [2.45, 2.75) is 83.8 Å². The molecule has 3 rings (SSSR count). The van der Waals surface area contributed by atoms with Gasteiger partial charge in [-0.15, -0.1) is 0 Å². The normalized spacial score (nSPS) is 16.3. The highest BCUT2D eigenvalue weighted by Gasteiger charge is 2.29. The van der Waals surface area contributed by atoms with Gasteiger partial charge in [0.15, 0.2) is 0 Å². The van der Waals surface area contributed by atoms with Gasteiger partial charge in [0.1, 0.15) is 11.6 Å². The van der Waals surface area contributed by atoms with Crippen LogP contribution in [0.5, 0.6) is 0 Å². The molecule has 0 unspecified atom stereocenters. The summed E-state index contributed by atoms with van der Waals surface area (Å²) in [5.74, 6) is 0.00811. The van der Waals surface area contributed by atoms with E-state index in [9.17, 15) is 9.59 Å². The van der Waals surface area contributed by atoms with Gasteiger partial charge in [0.2, 0.25) is 0 Å². The van der Waals surface area contributed by atoms with Crippen molar-refractivity contribution in [3.8, 4) is 0 Å². The molecule has 0 bridgehead atoms. The van der Waals surface area contributed by atoms with Crippen molar-refractivity contribution in [2.24, 2.45) is 0 Å². The first kappa shape index (κ1) is 22.2. The zero-order valence-electron chi connectivity index (χ0n) is 18.5. The van der Waals surface area contributed by atoms with Crippen molar-refractivity contribution in [2.75, 3.05) is 6.61 Å². The Morgan fingerprint density at radius 2 is 1.87 bits per heavy atom. The summed E-state index contributed by atoms with van der Waals surface area (Å²) in [6, 6.07) is 7.34. The van der Waals surface area contributed by atoms with Gasteiger partial charge in [0.25, 0.3) is 0 Å². The van der Waals surface area contributed by atoms with E-state index in [2.05, 4.69) is 22.4 Å². The van der Waals surface area contributed by atoms with Crippen LogP contribution in [-0.2, 0) is 20.7 Å². The Kier molecular flexibility index (Phi) is 7.06. The zero-order chi connectivity index (χ0) is 21.7. The number of ether oxygens (including phenoxy) is 2. The molecule has 1 aromatic carbocycles. The van der Waals surface area contributed by atoms with E-state index in [4.69, 9.17) is 9.47 Å². The largest absolute Gasteiger partial charge is 0.464 e. The molecule has 1 aliphatic carbocycles. The maximum Gasteiger partial charge on any atom is 0.408 e. The van der Waals surface area contributed by atoms with Crippen LogP contribution in [0.4, 0.5) is 4.79 Å². The highest BCUT2D eigenvalue weighted by molar-refractivity contribution is 5.87. The third-order valence-corrected chi connectivity index (χ3v) is 5.53. The number of fused-ring (bicyclic) bond motifs is 1. The van der Waals surface area contributed by atoms with E-state index in [0.717, 1.165) is 29.3 Å². The Balaban J connectivity index is 1.92. The minimum atomic E-state index is -0.804. The number of H-pyrrole nitrogens is 1. The van der Waals surface area contributed by atoms with Crippen molar-refractivity contribution >= 4 is 23.0 Å². The minimum absolute atomic E-state index is 0.259. The second kappa shape index (κ2) is 9.54. The first-order chi connectivity index (χ1) is 14.3. The highest BCUT2D eigenvalue weighted by atomic mass is 16.6. The monoisotopic (exact) mass is 414 g/mol. The Hall–Kier alpha value is -2.50. The van der Waals surface area contributed by atoms with Crippen LogP contribution in [-0.4, -0.2) is 35.3 Å². The van der Waals surface area contributed by atoms with E-state index in [-0.39, 0.29) is 6.61 Å². The van der Waals surface area contributed by atoms with Crippen molar-refractivity contribution in [3.05, 3.63) is 35.5 Å². The molecule has 1 heterocycles. The van der Waals surface area contributed by atoms with Gasteiger partial charge in [0, 0.05) is 23.0 Å². The predicted molar refractivity (Wildman–Crippen MR) is 118 cm³/mol. The fraction of sp³-hybridized carbons (Fsp3) is 0.583. The molecule has 1 aromatic heterocycles. The molecule has 1 saturated carbocycles. The lowest BCUT2D eigenvalue weighted by Crippen LogP contribution is -2.45. The number of aromatic amines is 1. The van der Waals surface area contributed by atoms with Gasteiger partial charge in [-0.05, 0) is 58.1 Å². The number of nitrogens with one attached hydrogen (secondary N) is 2. The molecule has 1 aliphatic rings. The number of hydrogen-bond donors (Lipinski definition) is 2. The molecule has 1 fully saturated rings. The summed E-state index contributed by atoms with van der Waals surface area (Å²) in [4.78, 5) is 28.7. The molecule has 0 spiro atoms. The van der Waals surface area contributed by atoms with Crippen molar-refractivity contribution in [1.29, 1.82) is 0 Å². The van der Waals surface area contributed by atoms with Crippen LogP contribution in [0.15, 0.2) is 24.3 Å². The third kappa shape index (κ3) is 5.55. The predicted octanol–water partition coefficient (Wildman–Crippen LogP) is 5.21. The fourth-order valence-electron chi connectivity index (χ4n) is 4.27. The first-order valence-corrected chi connectivity index (χ1v) is 11.0. The number of amides is 1. The molecule has 6 heteroatoms. The second-order valence-corrected chi connectivity index (χ2v) is 9.05. The molecule has 0 radical (unpaired) electrons. The number of hydrogen-bond acceptors (Lipinski definition) is 4. The molecule has 2 N–H and O–H groups in total. The maximum absolute atomic E-state index is 12.7. The van der Waals surface area contributed by atoms with Gasteiger partial charge in [-0.1, -0.05) is 37.5 Å². The number of alkyl carbamates (subject to hydrolysis) is 1. The Morgan fingerprint density at radius 3 is 2.53 bits per heavy atom. The average Bonchev–Trinajstić information content (AvgIpc) is 3.05. The molecule has 6 nitrogen and oxygen atoms in total. The fourth-order valence-corrected chi connectivity index (χ4v) is 4.27. The summed E-state index contributed by atoms with van der Waals surface area (Å²) in [6.45, 7) is 7.42. The summed E-state index contributed by atoms with van der Waals surface area (Å²) in [6.07, 6.45) is 5.76. The summed E-state index contributed by atoms with van der Waals surface area (Å²) in [5, 5.41) is 3.84. The van der Waals surface area contributed by atoms with Gasteiger partial charge < -0.3 is 19.8 Å². The number of carbonyl (C=O) groups excluding carboxylic acids is 2. The van der Waals surface area contributed by atoms with Crippen molar-refractivity contribution in [1.82, 2.24) is 10.3 Å². The Labute approximate surface area is 178 Å². The lowest BCUT2D eigenvalue weighted by Gasteiger charge is -2.25. The number of aromatic nitrogens is 1. The average molecular weight is 415 g/mol. The first-order valence-electron chi connectivity index (χ1n) is 11.0. The molecule has 2 aromatic rings. The van der Waals surface area contributed by atoms with Crippen LogP contribution in [0.3, 0.4) is 0 Å². The molecular weight excluding hydrogens is 380 g/mol. The van der Waals surface area contributed by atoms with E-state index >= 15 is 0 Å². The van der Waals surface area contributed by atoms with Gasteiger partial charge in [-0.2, -0.15) is 0 Å². The van der Waals surface area contributed by atoms with Crippen molar-refractivity contribution in [3.63, 3.8) is 0 Å². The number of carbonyl (C=O) groups is 2. The Bertz CT molecular complexity index is 875. The summed E-state index contributed by atoms with van der Waals surface area (Å²) >= 11 is 0. The van der Waals surface area contributed by atoms with E-state index in [1.807, 2.05) is 12.1 Å². The van der Waals surface area contributed by atoms with Gasteiger partial charge >= 0.3 is 12.1 Å². The molecule has 1 atom stereocenters. The van der Waals surface area contributed by atoms with E-state index < -0.39 is 23.7 Å². The van der Waals surface area contributed by atoms with Crippen LogP contribution in [0.2, 0.25) is 0 Å². The number of esters is 1. The minimum Gasteiger partial charge on any atom is -0.464 e. The van der Waals surface area contributed by atoms with Crippen LogP contribution < -0.4 is 5.32 Å². The van der Waals surface area contributed by atoms with E-state index in [0.29, 0.717) is 12.3 Å². The van der Waals surface area contributed by atoms with Crippen LogP contribution >= 0.6 is 0 Å². The molecule has 30 heavy (non-hydrogen) atoms. The lowest BCUT2D eigenvalue weighted by atomic mass is 9.84. The lowest BCUT2D eigenvalue weighted by molar-refractivity contribution is -0.145. The van der Waals surface area contributed by atoms with Crippen LogP contribution in [0.1, 0.15) is 77.0 Å². The van der Waals surface area contributed by atoms with E-state index in [1.54, 1.807) is 27.7 Å². The quantitative estimate of drug-likeness (QED) is 0.636. The second-order valence-electron chi connectivity index (χ2n) is 9.05. The molecular formula is C24H34N2O4. The van der Waals surface area contributed by atoms with Crippen LogP contribution in [0.25, 0.3) is 10.9 Å². The molecule has 0 saturated heterocycles. The molecule has 164 valence electrons. The smallest absolute Gasteiger partial charge is 0.408 e. The van der Waals surface area contributed by atoms with Gasteiger partial charge in [-0.3, -0.25) is 0 Å². The highest BCUT2D eigenvalue weighted by Crippen LogP contribution is 2.37. The number of benzene rings is 1. The number of para-hydroxylation sites is 1.